The van der Waals surface area contributed by atoms with Crippen LogP contribution in [0.3, 0.4) is 0 Å². The van der Waals surface area contributed by atoms with Gasteiger partial charge in [-0.25, -0.2) is 4.39 Å². The number of nitrogens with one attached hydrogen (secondary N) is 1. The average Bonchev–Trinajstić information content (AvgIpc) is 2.37. The van der Waals surface area contributed by atoms with Gasteiger partial charge in [0.2, 0.25) is 0 Å². The Bertz CT molecular complexity index is 387. The van der Waals surface area contributed by atoms with Crippen LogP contribution in [0, 0.1) is 5.82 Å². The highest BCUT2D eigenvalue weighted by Crippen LogP contribution is 2.15. The first-order valence-corrected chi connectivity index (χ1v) is 6.04. The molecule has 1 rings (SSSR count). The van der Waals surface area contributed by atoms with Crippen molar-refractivity contribution in [2.45, 2.75) is 18.6 Å². The highest BCUT2D eigenvalue weighted by atomic mass is 19.1. The number of aliphatic hydroxyl groups excluding tert-OH is 2. The van der Waals surface area contributed by atoms with Gasteiger partial charge in [0.1, 0.15) is 12.7 Å². The summed E-state index contributed by atoms with van der Waals surface area (Å²) in [5, 5.41) is 30.7. The number of halogens is 1. The Labute approximate surface area is 111 Å². The van der Waals surface area contributed by atoms with E-state index in [0.717, 1.165) is 0 Å². The van der Waals surface area contributed by atoms with Crippen molar-refractivity contribution in [2.75, 3.05) is 26.3 Å². The lowest BCUT2D eigenvalue weighted by Gasteiger charge is -2.22. The van der Waals surface area contributed by atoms with Crippen LogP contribution in [0.1, 0.15) is 6.92 Å². The molecule has 2 unspecified atom stereocenters. The minimum atomic E-state index is -1.23. The molecular weight excluding hydrogens is 253 g/mol. The summed E-state index contributed by atoms with van der Waals surface area (Å²) in [5.41, 5.74) is -1.23. The van der Waals surface area contributed by atoms with Crippen molar-refractivity contribution in [1.29, 1.82) is 0 Å². The number of hydrogen-bond donors (Lipinski definition) is 4. The maximum Gasteiger partial charge on any atom is 0.165 e. The van der Waals surface area contributed by atoms with E-state index in [0.29, 0.717) is 0 Å². The molecule has 1 aromatic carbocycles. The Hall–Kier alpha value is -1.21. The zero-order valence-corrected chi connectivity index (χ0v) is 10.8. The second-order valence-electron chi connectivity index (χ2n) is 4.68. The predicted octanol–water partition coefficient (Wildman–Crippen LogP) is -0.102. The number of hydrogen-bond acceptors (Lipinski definition) is 5. The molecule has 19 heavy (non-hydrogen) atoms. The molecule has 0 amide bonds. The molecule has 0 aliphatic heterocycles. The third kappa shape index (κ3) is 5.98. The standard InChI is InChI=1S/C13H20FNO4/c1-13(18,9-16)8-15-6-10(17)7-19-12-5-3-2-4-11(12)14/h2-5,10,15-18H,6-9H2,1H3. The minimum absolute atomic E-state index is 0.0603. The highest BCUT2D eigenvalue weighted by Gasteiger charge is 2.18. The van der Waals surface area contributed by atoms with Crippen LogP contribution in [-0.2, 0) is 0 Å². The molecule has 0 radical (unpaired) electrons. The quantitative estimate of drug-likeness (QED) is 0.532. The molecule has 0 fully saturated rings. The Morgan fingerprint density at radius 3 is 2.74 bits per heavy atom. The molecule has 5 nitrogen and oxygen atoms in total. The van der Waals surface area contributed by atoms with Gasteiger partial charge in [0.25, 0.3) is 0 Å². The van der Waals surface area contributed by atoms with E-state index in [9.17, 15) is 14.6 Å². The van der Waals surface area contributed by atoms with E-state index in [1.807, 2.05) is 0 Å². The second-order valence-corrected chi connectivity index (χ2v) is 4.68. The maximum absolute atomic E-state index is 13.2. The molecule has 0 aliphatic carbocycles. The molecule has 0 bridgehead atoms. The van der Waals surface area contributed by atoms with Crippen LogP contribution in [0.25, 0.3) is 0 Å². The molecule has 1 aromatic rings. The monoisotopic (exact) mass is 273 g/mol. The number of ether oxygens (including phenoxy) is 1. The van der Waals surface area contributed by atoms with Gasteiger partial charge in [-0.1, -0.05) is 12.1 Å². The fourth-order valence-corrected chi connectivity index (χ4v) is 1.37. The summed E-state index contributed by atoms with van der Waals surface area (Å²) < 4.78 is 18.3. The number of para-hydroxylation sites is 1. The third-order valence-corrected chi connectivity index (χ3v) is 2.49. The minimum Gasteiger partial charge on any atom is -0.488 e. The van der Waals surface area contributed by atoms with Crippen LogP contribution in [0.15, 0.2) is 24.3 Å². The van der Waals surface area contributed by atoms with Gasteiger partial charge in [0.05, 0.1) is 12.2 Å². The molecular formula is C13H20FNO4. The van der Waals surface area contributed by atoms with Crippen molar-refractivity contribution < 1.29 is 24.4 Å². The molecule has 0 aromatic heterocycles. The lowest BCUT2D eigenvalue weighted by Crippen LogP contribution is -2.44. The van der Waals surface area contributed by atoms with Crippen LogP contribution in [0.2, 0.25) is 0 Å². The van der Waals surface area contributed by atoms with E-state index in [-0.39, 0.29) is 32.1 Å². The molecule has 4 N–H and O–H groups in total. The van der Waals surface area contributed by atoms with Gasteiger partial charge in [-0.15, -0.1) is 0 Å². The topological polar surface area (TPSA) is 82.0 Å². The zero-order valence-electron chi connectivity index (χ0n) is 10.8. The molecule has 0 saturated heterocycles. The summed E-state index contributed by atoms with van der Waals surface area (Å²) in [6, 6.07) is 5.95. The van der Waals surface area contributed by atoms with Crippen LogP contribution in [-0.4, -0.2) is 53.3 Å². The van der Waals surface area contributed by atoms with Crippen LogP contribution in [0.5, 0.6) is 5.75 Å². The second kappa shape index (κ2) is 7.40. The molecule has 108 valence electrons. The SMILES string of the molecule is CC(O)(CO)CNCC(O)COc1ccccc1F. The number of rotatable bonds is 8. The number of aliphatic hydroxyl groups is 3. The van der Waals surface area contributed by atoms with Gasteiger partial charge in [0.15, 0.2) is 11.6 Å². The largest absolute Gasteiger partial charge is 0.488 e. The van der Waals surface area contributed by atoms with Crippen molar-refractivity contribution in [2.24, 2.45) is 0 Å². The zero-order chi connectivity index (χ0) is 14.3. The predicted molar refractivity (Wildman–Crippen MR) is 68.5 cm³/mol. The first-order chi connectivity index (χ1) is 8.94. The normalized spacial score (nSPS) is 15.8. The van der Waals surface area contributed by atoms with Gasteiger partial charge in [-0.3, -0.25) is 0 Å². The van der Waals surface area contributed by atoms with Crippen molar-refractivity contribution in [1.82, 2.24) is 5.32 Å². The fraction of sp³-hybridized carbons (Fsp3) is 0.538. The lowest BCUT2D eigenvalue weighted by atomic mass is 10.1. The van der Waals surface area contributed by atoms with E-state index < -0.39 is 17.5 Å². The molecule has 6 heteroatoms. The van der Waals surface area contributed by atoms with E-state index in [1.165, 1.54) is 19.1 Å². The summed E-state index contributed by atoms with van der Waals surface area (Å²) in [5.74, 6) is -0.394. The Kier molecular flexibility index (Phi) is 6.17. The van der Waals surface area contributed by atoms with Crippen molar-refractivity contribution >= 4 is 0 Å². The van der Waals surface area contributed by atoms with Crippen molar-refractivity contribution in [3.63, 3.8) is 0 Å². The Balaban J connectivity index is 2.25. The molecule has 0 heterocycles. The molecule has 2 atom stereocenters. The summed E-state index contributed by atoms with van der Waals surface area (Å²) in [6.45, 7) is 1.35. The maximum atomic E-state index is 13.2. The molecule has 0 saturated carbocycles. The Morgan fingerprint density at radius 1 is 1.42 bits per heavy atom. The van der Waals surface area contributed by atoms with E-state index in [4.69, 9.17) is 9.84 Å². The van der Waals surface area contributed by atoms with Crippen molar-refractivity contribution in [3.8, 4) is 5.75 Å². The lowest BCUT2D eigenvalue weighted by molar-refractivity contribution is -0.000361. The fourth-order valence-electron chi connectivity index (χ4n) is 1.37. The van der Waals surface area contributed by atoms with Crippen LogP contribution >= 0.6 is 0 Å². The summed E-state index contributed by atoms with van der Waals surface area (Å²) in [6.07, 6.45) is -0.839. The van der Waals surface area contributed by atoms with Gasteiger partial charge in [0, 0.05) is 13.1 Å². The van der Waals surface area contributed by atoms with Gasteiger partial charge < -0.3 is 25.4 Å². The number of benzene rings is 1. The summed E-state index contributed by atoms with van der Waals surface area (Å²) >= 11 is 0. The van der Waals surface area contributed by atoms with Crippen molar-refractivity contribution in [3.05, 3.63) is 30.1 Å². The average molecular weight is 273 g/mol. The van der Waals surface area contributed by atoms with Gasteiger partial charge >= 0.3 is 0 Å². The van der Waals surface area contributed by atoms with Crippen LogP contribution < -0.4 is 10.1 Å². The first kappa shape index (κ1) is 15.8. The van der Waals surface area contributed by atoms with E-state index >= 15 is 0 Å². The summed E-state index contributed by atoms with van der Waals surface area (Å²) in [4.78, 5) is 0. The van der Waals surface area contributed by atoms with Crippen LogP contribution in [0.4, 0.5) is 4.39 Å². The summed E-state index contributed by atoms with van der Waals surface area (Å²) in [7, 11) is 0. The smallest absolute Gasteiger partial charge is 0.165 e. The van der Waals surface area contributed by atoms with Gasteiger partial charge in [-0.2, -0.15) is 0 Å². The van der Waals surface area contributed by atoms with Gasteiger partial charge in [-0.05, 0) is 19.1 Å². The first-order valence-electron chi connectivity index (χ1n) is 6.04. The molecule has 0 aliphatic rings. The molecule has 0 spiro atoms. The van der Waals surface area contributed by atoms with E-state index in [1.54, 1.807) is 12.1 Å². The van der Waals surface area contributed by atoms with E-state index in [2.05, 4.69) is 5.32 Å². The highest BCUT2D eigenvalue weighted by molar-refractivity contribution is 5.23. The third-order valence-electron chi connectivity index (χ3n) is 2.49. The Morgan fingerprint density at radius 2 is 2.11 bits per heavy atom.